The molecule has 1 aliphatic carbocycles. The lowest BCUT2D eigenvalue weighted by Crippen LogP contribution is -2.08. The fraction of sp³-hybridized carbons (Fsp3) is 0.538. The van der Waals surface area contributed by atoms with Crippen molar-refractivity contribution in [3.63, 3.8) is 0 Å². The summed E-state index contributed by atoms with van der Waals surface area (Å²) in [5.74, 6) is 3.34. The summed E-state index contributed by atoms with van der Waals surface area (Å²) in [5.41, 5.74) is 5.57. The van der Waals surface area contributed by atoms with E-state index in [9.17, 15) is 0 Å². The number of nitrogens with zero attached hydrogens (tertiary/aromatic N) is 3. The molecular formula is C13H18N4O. The Morgan fingerprint density at radius 1 is 1.33 bits per heavy atom. The minimum Gasteiger partial charge on any atom is -0.456 e. The Bertz CT molecular complexity index is 537. The fourth-order valence-electron chi connectivity index (χ4n) is 2.74. The van der Waals surface area contributed by atoms with Gasteiger partial charge in [0.25, 0.3) is 0 Å². The molecule has 18 heavy (non-hydrogen) atoms. The molecule has 96 valence electrons. The Hall–Kier alpha value is -1.62. The van der Waals surface area contributed by atoms with E-state index in [1.54, 1.807) is 0 Å². The maximum Gasteiger partial charge on any atom is 0.200 e. The largest absolute Gasteiger partial charge is 0.456 e. The third kappa shape index (κ3) is 1.84. The van der Waals surface area contributed by atoms with Gasteiger partial charge in [-0.2, -0.15) is 0 Å². The number of aromatic nitrogens is 3. The van der Waals surface area contributed by atoms with E-state index < -0.39 is 0 Å². The van der Waals surface area contributed by atoms with Crippen molar-refractivity contribution in [2.24, 2.45) is 5.73 Å². The number of hydrogen-bond donors (Lipinski definition) is 1. The second-order valence-corrected chi connectivity index (χ2v) is 4.85. The van der Waals surface area contributed by atoms with Crippen LogP contribution in [0.3, 0.4) is 0 Å². The molecule has 2 N–H and O–H groups in total. The maximum atomic E-state index is 5.68. The summed E-state index contributed by atoms with van der Waals surface area (Å²) in [4.78, 5) is 0. The normalized spacial score (nSPS) is 16.6. The minimum absolute atomic E-state index is 0.413. The maximum absolute atomic E-state index is 5.68. The summed E-state index contributed by atoms with van der Waals surface area (Å²) >= 11 is 0. The first-order chi connectivity index (χ1) is 8.79. The second kappa shape index (κ2) is 4.57. The van der Waals surface area contributed by atoms with Gasteiger partial charge in [0.15, 0.2) is 11.6 Å². The van der Waals surface area contributed by atoms with Crippen LogP contribution < -0.4 is 5.73 Å². The molecule has 0 aliphatic heterocycles. The lowest BCUT2D eigenvalue weighted by atomic mass is 10.2. The van der Waals surface area contributed by atoms with Gasteiger partial charge in [-0.05, 0) is 31.9 Å². The Morgan fingerprint density at radius 2 is 2.11 bits per heavy atom. The molecule has 0 saturated heterocycles. The van der Waals surface area contributed by atoms with Crippen molar-refractivity contribution in [3.05, 3.63) is 23.7 Å². The van der Waals surface area contributed by atoms with Crippen LogP contribution in [0.5, 0.6) is 0 Å². The molecule has 0 aromatic carbocycles. The van der Waals surface area contributed by atoms with E-state index in [1.165, 1.54) is 25.7 Å². The number of aryl methyl sites for hydroxylation is 1. The van der Waals surface area contributed by atoms with Crippen molar-refractivity contribution in [1.82, 2.24) is 14.8 Å². The number of rotatable bonds is 3. The van der Waals surface area contributed by atoms with E-state index in [-0.39, 0.29) is 0 Å². The van der Waals surface area contributed by atoms with Crippen molar-refractivity contribution in [2.45, 2.75) is 45.2 Å². The first-order valence-corrected chi connectivity index (χ1v) is 6.50. The zero-order valence-electron chi connectivity index (χ0n) is 10.6. The van der Waals surface area contributed by atoms with Crippen LogP contribution in [0.25, 0.3) is 11.6 Å². The van der Waals surface area contributed by atoms with Gasteiger partial charge < -0.3 is 14.7 Å². The second-order valence-electron chi connectivity index (χ2n) is 4.85. The van der Waals surface area contributed by atoms with Crippen LogP contribution in [-0.2, 0) is 6.54 Å². The standard InChI is InChI=1S/C13H18N4O/c1-9-15-16-13(12-7-6-11(8-14)18-12)17(9)10-4-2-3-5-10/h6-7,10H,2-5,8,14H2,1H3. The molecule has 0 unspecified atom stereocenters. The predicted octanol–water partition coefficient (Wildman–Crippen LogP) is 2.42. The van der Waals surface area contributed by atoms with E-state index in [2.05, 4.69) is 14.8 Å². The first-order valence-electron chi connectivity index (χ1n) is 6.50. The van der Waals surface area contributed by atoms with Gasteiger partial charge in [-0.25, -0.2) is 0 Å². The predicted molar refractivity (Wildman–Crippen MR) is 67.9 cm³/mol. The summed E-state index contributed by atoms with van der Waals surface area (Å²) < 4.78 is 7.90. The summed E-state index contributed by atoms with van der Waals surface area (Å²) in [6, 6.07) is 4.34. The van der Waals surface area contributed by atoms with Crippen molar-refractivity contribution in [1.29, 1.82) is 0 Å². The van der Waals surface area contributed by atoms with Gasteiger partial charge in [-0.1, -0.05) is 12.8 Å². The highest BCUT2D eigenvalue weighted by molar-refractivity contribution is 5.48. The molecule has 0 bridgehead atoms. The van der Waals surface area contributed by atoms with Gasteiger partial charge >= 0.3 is 0 Å². The quantitative estimate of drug-likeness (QED) is 0.902. The van der Waals surface area contributed by atoms with Crippen molar-refractivity contribution in [2.75, 3.05) is 0 Å². The van der Waals surface area contributed by atoms with Crippen LogP contribution in [0.2, 0.25) is 0 Å². The summed E-state index contributed by atoms with van der Waals surface area (Å²) in [6.45, 7) is 2.41. The number of furan rings is 1. The zero-order valence-corrected chi connectivity index (χ0v) is 10.6. The molecule has 5 nitrogen and oxygen atoms in total. The third-order valence-corrected chi connectivity index (χ3v) is 3.64. The topological polar surface area (TPSA) is 69.9 Å². The van der Waals surface area contributed by atoms with Crippen molar-refractivity contribution >= 4 is 0 Å². The lowest BCUT2D eigenvalue weighted by Gasteiger charge is -2.14. The van der Waals surface area contributed by atoms with Gasteiger partial charge in [0.05, 0.1) is 6.54 Å². The Kier molecular flexibility index (Phi) is 2.91. The molecule has 2 aromatic heterocycles. The minimum atomic E-state index is 0.413. The highest BCUT2D eigenvalue weighted by Gasteiger charge is 2.24. The molecule has 3 rings (SSSR count). The van der Waals surface area contributed by atoms with Crippen LogP contribution in [0.15, 0.2) is 16.5 Å². The molecule has 2 aromatic rings. The zero-order chi connectivity index (χ0) is 12.5. The molecule has 2 heterocycles. The monoisotopic (exact) mass is 246 g/mol. The van der Waals surface area contributed by atoms with E-state index >= 15 is 0 Å². The summed E-state index contributed by atoms with van der Waals surface area (Å²) in [6.07, 6.45) is 4.98. The molecule has 1 saturated carbocycles. The fourth-order valence-corrected chi connectivity index (χ4v) is 2.74. The van der Waals surface area contributed by atoms with E-state index in [0.717, 1.165) is 23.2 Å². The van der Waals surface area contributed by atoms with E-state index in [1.807, 2.05) is 19.1 Å². The van der Waals surface area contributed by atoms with E-state index in [0.29, 0.717) is 12.6 Å². The molecule has 0 radical (unpaired) electrons. The Labute approximate surface area is 106 Å². The summed E-state index contributed by atoms with van der Waals surface area (Å²) in [7, 11) is 0. The molecule has 0 atom stereocenters. The van der Waals surface area contributed by atoms with Crippen LogP contribution >= 0.6 is 0 Å². The van der Waals surface area contributed by atoms with Gasteiger partial charge in [-0.15, -0.1) is 10.2 Å². The van der Waals surface area contributed by atoms with Crippen molar-refractivity contribution < 1.29 is 4.42 Å². The number of nitrogens with two attached hydrogens (primary N) is 1. The van der Waals surface area contributed by atoms with Crippen LogP contribution in [-0.4, -0.2) is 14.8 Å². The molecule has 0 amide bonds. The van der Waals surface area contributed by atoms with Crippen LogP contribution in [0.1, 0.15) is 43.3 Å². The lowest BCUT2D eigenvalue weighted by molar-refractivity contribution is 0.485. The highest BCUT2D eigenvalue weighted by atomic mass is 16.3. The average Bonchev–Trinajstić information content (AvgIpc) is 3.07. The molecule has 1 fully saturated rings. The average molecular weight is 246 g/mol. The molecule has 0 spiro atoms. The van der Waals surface area contributed by atoms with Crippen molar-refractivity contribution in [3.8, 4) is 11.6 Å². The van der Waals surface area contributed by atoms with Crippen LogP contribution in [0.4, 0.5) is 0 Å². The molecule has 1 aliphatic rings. The molecule has 5 heteroatoms. The highest BCUT2D eigenvalue weighted by Crippen LogP contribution is 2.34. The third-order valence-electron chi connectivity index (χ3n) is 3.64. The number of hydrogen-bond acceptors (Lipinski definition) is 4. The first kappa shape index (κ1) is 11.5. The Morgan fingerprint density at radius 3 is 2.78 bits per heavy atom. The SMILES string of the molecule is Cc1nnc(-c2ccc(CN)o2)n1C1CCCC1. The smallest absolute Gasteiger partial charge is 0.200 e. The summed E-state index contributed by atoms with van der Waals surface area (Å²) in [5, 5.41) is 8.45. The van der Waals surface area contributed by atoms with E-state index in [4.69, 9.17) is 10.2 Å². The van der Waals surface area contributed by atoms with Gasteiger partial charge in [-0.3, -0.25) is 0 Å². The molecular weight excluding hydrogens is 228 g/mol. The van der Waals surface area contributed by atoms with Gasteiger partial charge in [0.1, 0.15) is 11.6 Å². The van der Waals surface area contributed by atoms with Gasteiger partial charge in [0, 0.05) is 6.04 Å². The van der Waals surface area contributed by atoms with Crippen LogP contribution in [0, 0.1) is 6.92 Å². The Balaban J connectivity index is 2.01. The van der Waals surface area contributed by atoms with Gasteiger partial charge in [0.2, 0.25) is 0 Å².